The summed E-state index contributed by atoms with van der Waals surface area (Å²) in [5, 5.41) is 20.0. The van der Waals surface area contributed by atoms with Gasteiger partial charge in [-0.2, -0.15) is 13.2 Å². The number of benzene rings is 1. The summed E-state index contributed by atoms with van der Waals surface area (Å²) in [4.78, 5) is 11.4. The average molecular weight is 375 g/mol. The van der Waals surface area contributed by atoms with E-state index in [2.05, 4.69) is 0 Å². The number of hydrogen-bond acceptors (Lipinski definition) is 3. The van der Waals surface area contributed by atoms with Gasteiger partial charge in [0, 0.05) is 5.56 Å². The van der Waals surface area contributed by atoms with Crippen molar-refractivity contribution in [2.75, 3.05) is 6.54 Å². The molecule has 8 heteroatoms. The van der Waals surface area contributed by atoms with Gasteiger partial charge in [-0.15, -0.1) is 0 Å². The van der Waals surface area contributed by atoms with E-state index in [1.807, 2.05) is 27.9 Å². The van der Waals surface area contributed by atoms with Crippen molar-refractivity contribution in [2.45, 2.75) is 12.3 Å². The van der Waals surface area contributed by atoms with Gasteiger partial charge in [0.25, 0.3) is 5.91 Å². The largest absolute Gasteiger partial charge is 0.507 e. The molecule has 0 spiro atoms. The van der Waals surface area contributed by atoms with E-state index in [-0.39, 0.29) is 11.3 Å². The second-order valence-electron chi connectivity index (χ2n) is 3.43. The van der Waals surface area contributed by atoms with Crippen molar-refractivity contribution in [3.63, 3.8) is 0 Å². The number of rotatable bonds is 3. The quantitative estimate of drug-likeness (QED) is 0.704. The molecule has 0 fully saturated rings. The molecule has 0 radical (unpaired) electrons. The van der Waals surface area contributed by atoms with Gasteiger partial charge in [-0.3, -0.25) is 4.79 Å². The monoisotopic (exact) mass is 375 g/mol. The summed E-state index contributed by atoms with van der Waals surface area (Å²) in [5.41, 5.74) is 0.0160. The minimum Gasteiger partial charge on any atom is -0.507 e. The van der Waals surface area contributed by atoms with Crippen molar-refractivity contribution in [2.24, 2.45) is 0 Å². The lowest BCUT2D eigenvalue weighted by Crippen LogP contribution is -2.40. The number of halogens is 4. The van der Waals surface area contributed by atoms with Crippen LogP contribution in [-0.4, -0.2) is 34.9 Å². The summed E-state index contributed by atoms with van der Waals surface area (Å²) < 4.78 is 36.4. The van der Waals surface area contributed by atoms with Crippen LogP contribution in [0, 0.1) is 3.57 Å². The predicted molar refractivity (Wildman–Crippen MR) is 65.2 cm³/mol. The standard InChI is InChI=1S/C10H9F3INO3/c11-10(12,13)8(17)4-15-9(18)5-1-2-6(14)7(16)3-5/h1-3,8,16-17H,4H2,(H,15,18). The van der Waals surface area contributed by atoms with Crippen LogP contribution >= 0.6 is 22.6 Å². The van der Waals surface area contributed by atoms with Crippen LogP contribution in [0.4, 0.5) is 13.2 Å². The van der Waals surface area contributed by atoms with Crippen molar-refractivity contribution < 1.29 is 28.2 Å². The van der Waals surface area contributed by atoms with E-state index >= 15 is 0 Å². The van der Waals surface area contributed by atoms with Crippen molar-refractivity contribution in [1.29, 1.82) is 0 Å². The van der Waals surface area contributed by atoms with Gasteiger partial charge in [0.2, 0.25) is 0 Å². The van der Waals surface area contributed by atoms with E-state index in [1.165, 1.54) is 12.1 Å². The third kappa shape index (κ3) is 4.02. The molecule has 0 saturated carbocycles. The van der Waals surface area contributed by atoms with Crippen molar-refractivity contribution in [1.82, 2.24) is 5.32 Å². The third-order valence-electron chi connectivity index (χ3n) is 2.04. The molecule has 4 nitrogen and oxygen atoms in total. The topological polar surface area (TPSA) is 69.6 Å². The maximum absolute atomic E-state index is 12.0. The minimum atomic E-state index is -4.78. The molecule has 0 aliphatic rings. The highest BCUT2D eigenvalue weighted by molar-refractivity contribution is 14.1. The molecule has 1 aromatic rings. The average Bonchev–Trinajstić information content (AvgIpc) is 2.27. The molecule has 0 bridgehead atoms. The number of alkyl halides is 3. The van der Waals surface area contributed by atoms with Crippen LogP contribution in [0.1, 0.15) is 10.4 Å². The summed E-state index contributed by atoms with van der Waals surface area (Å²) in [5.74, 6) is -0.940. The lowest BCUT2D eigenvalue weighted by Gasteiger charge is -2.15. The van der Waals surface area contributed by atoms with Gasteiger partial charge < -0.3 is 15.5 Å². The molecule has 1 rings (SSSR count). The Morgan fingerprint density at radius 2 is 2.06 bits per heavy atom. The van der Waals surface area contributed by atoms with Crippen LogP contribution in [0.3, 0.4) is 0 Å². The first kappa shape index (κ1) is 15.0. The number of amides is 1. The zero-order valence-corrected chi connectivity index (χ0v) is 11.0. The number of phenolic OH excluding ortho intramolecular Hbond substituents is 1. The van der Waals surface area contributed by atoms with E-state index < -0.39 is 24.7 Å². The SMILES string of the molecule is O=C(NCC(O)C(F)(F)F)c1ccc(I)c(O)c1. The van der Waals surface area contributed by atoms with Crippen molar-refractivity contribution in [3.8, 4) is 5.75 Å². The van der Waals surface area contributed by atoms with Gasteiger partial charge in [0.1, 0.15) is 5.75 Å². The smallest absolute Gasteiger partial charge is 0.416 e. The molecule has 0 saturated heterocycles. The number of carbonyl (C=O) groups is 1. The number of aliphatic hydroxyl groups is 1. The highest BCUT2D eigenvalue weighted by atomic mass is 127. The number of aromatic hydroxyl groups is 1. The van der Waals surface area contributed by atoms with Crippen LogP contribution in [-0.2, 0) is 0 Å². The molecule has 0 aromatic heterocycles. The van der Waals surface area contributed by atoms with Crippen molar-refractivity contribution in [3.05, 3.63) is 27.3 Å². The number of aliphatic hydroxyl groups excluding tert-OH is 1. The molecule has 18 heavy (non-hydrogen) atoms. The van der Waals surface area contributed by atoms with E-state index in [0.29, 0.717) is 3.57 Å². The minimum absolute atomic E-state index is 0.0160. The van der Waals surface area contributed by atoms with Gasteiger partial charge in [0.15, 0.2) is 6.10 Å². The Morgan fingerprint density at radius 1 is 1.44 bits per heavy atom. The molecule has 100 valence electrons. The van der Waals surface area contributed by atoms with E-state index in [1.54, 1.807) is 0 Å². The van der Waals surface area contributed by atoms with Gasteiger partial charge in [-0.25, -0.2) is 0 Å². The lowest BCUT2D eigenvalue weighted by molar-refractivity contribution is -0.201. The third-order valence-corrected chi connectivity index (χ3v) is 2.95. The fraction of sp³-hybridized carbons (Fsp3) is 0.300. The Kier molecular flexibility index (Phi) is 4.79. The summed E-state index contributed by atoms with van der Waals surface area (Å²) in [6, 6.07) is 3.94. The maximum atomic E-state index is 12.0. The highest BCUT2D eigenvalue weighted by Gasteiger charge is 2.38. The maximum Gasteiger partial charge on any atom is 0.416 e. The number of hydrogen-bond donors (Lipinski definition) is 3. The summed E-state index contributed by atoms with van der Waals surface area (Å²) in [6.07, 6.45) is -7.39. The molecule has 1 atom stereocenters. The van der Waals surface area contributed by atoms with E-state index in [0.717, 1.165) is 6.07 Å². The zero-order chi connectivity index (χ0) is 13.9. The Morgan fingerprint density at radius 3 is 2.56 bits per heavy atom. The fourth-order valence-electron chi connectivity index (χ4n) is 1.06. The predicted octanol–water partition coefficient (Wildman–Crippen LogP) is 1.65. The van der Waals surface area contributed by atoms with Crippen LogP contribution in [0.5, 0.6) is 5.75 Å². The first-order chi connectivity index (χ1) is 8.21. The Bertz CT molecular complexity index is 450. The first-order valence-electron chi connectivity index (χ1n) is 4.73. The highest BCUT2D eigenvalue weighted by Crippen LogP contribution is 2.21. The normalized spacial score (nSPS) is 13.2. The summed E-state index contributed by atoms with van der Waals surface area (Å²) in [7, 11) is 0. The fourth-order valence-corrected chi connectivity index (χ4v) is 1.40. The van der Waals surface area contributed by atoms with Crippen LogP contribution < -0.4 is 5.32 Å². The van der Waals surface area contributed by atoms with Gasteiger partial charge in [-0.1, -0.05) is 0 Å². The Balaban J connectivity index is 2.63. The molecule has 0 aliphatic carbocycles. The van der Waals surface area contributed by atoms with Crippen LogP contribution in [0.2, 0.25) is 0 Å². The second kappa shape index (κ2) is 5.74. The van der Waals surface area contributed by atoms with Crippen LogP contribution in [0.25, 0.3) is 0 Å². The molecule has 1 unspecified atom stereocenters. The molecule has 1 amide bonds. The number of nitrogens with one attached hydrogen (secondary N) is 1. The lowest BCUT2D eigenvalue weighted by atomic mass is 10.2. The molecule has 0 heterocycles. The van der Waals surface area contributed by atoms with Gasteiger partial charge in [0.05, 0.1) is 10.1 Å². The van der Waals surface area contributed by atoms with Crippen LogP contribution in [0.15, 0.2) is 18.2 Å². The molecular weight excluding hydrogens is 366 g/mol. The molecule has 3 N–H and O–H groups in total. The van der Waals surface area contributed by atoms with E-state index in [9.17, 15) is 23.1 Å². The molecular formula is C10H9F3INO3. The Hall–Kier alpha value is -1.03. The van der Waals surface area contributed by atoms with Gasteiger partial charge in [-0.05, 0) is 40.8 Å². The van der Waals surface area contributed by atoms with Crippen molar-refractivity contribution >= 4 is 28.5 Å². The number of carbonyl (C=O) groups excluding carboxylic acids is 1. The Labute approximate surface area is 114 Å². The summed E-state index contributed by atoms with van der Waals surface area (Å²) in [6.45, 7) is -0.935. The number of phenols is 1. The molecule has 0 aliphatic heterocycles. The molecule has 1 aromatic carbocycles. The summed E-state index contributed by atoms with van der Waals surface area (Å²) >= 11 is 1.84. The zero-order valence-electron chi connectivity index (χ0n) is 8.83. The second-order valence-corrected chi connectivity index (χ2v) is 4.60. The first-order valence-corrected chi connectivity index (χ1v) is 5.81. The van der Waals surface area contributed by atoms with Gasteiger partial charge >= 0.3 is 6.18 Å². The van der Waals surface area contributed by atoms with E-state index in [4.69, 9.17) is 5.11 Å².